The van der Waals surface area contributed by atoms with E-state index in [-0.39, 0.29) is 24.0 Å². The van der Waals surface area contributed by atoms with Crippen molar-refractivity contribution in [3.63, 3.8) is 0 Å². The molecule has 0 unspecified atom stereocenters. The largest absolute Gasteiger partial charge is 0.490 e. The Bertz CT molecular complexity index is 1680. The van der Waals surface area contributed by atoms with Crippen LogP contribution in [0.25, 0.3) is 10.9 Å². The number of carbonyl (C=O) groups is 1. The number of ether oxygens (including phenoxy) is 2. The van der Waals surface area contributed by atoms with Gasteiger partial charge in [0.05, 0.1) is 27.3 Å². The van der Waals surface area contributed by atoms with Crippen molar-refractivity contribution in [2.75, 3.05) is 18.5 Å². The fourth-order valence-electron chi connectivity index (χ4n) is 5.06. The van der Waals surface area contributed by atoms with Gasteiger partial charge in [0.15, 0.2) is 18.1 Å². The van der Waals surface area contributed by atoms with Crippen LogP contribution in [-0.4, -0.2) is 35.0 Å². The van der Waals surface area contributed by atoms with E-state index in [0.29, 0.717) is 40.5 Å². The Kier molecular flexibility index (Phi) is 9.94. The average Bonchev–Trinajstić information content (AvgIpc) is 2.98. The van der Waals surface area contributed by atoms with Gasteiger partial charge in [0.1, 0.15) is 5.82 Å². The minimum atomic E-state index is -0.271. The summed E-state index contributed by atoms with van der Waals surface area (Å²) in [6, 6.07) is 16.8. The molecule has 5 rings (SSSR count). The number of carbonyl (C=O) groups excluding carboxylic acids is 1. The number of benzene rings is 3. The Morgan fingerprint density at radius 2 is 1.88 bits per heavy atom. The van der Waals surface area contributed by atoms with Crippen LogP contribution in [0, 0.1) is 10.5 Å². The summed E-state index contributed by atoms with van der Waals surface area (Å²) >= 11 is 5.63. The van der Waals surface area contributed by atoms with Gasteiger partial charge in [-0.05, 0) is 97.3 Å². The van der Waals surface area contributed by atoms with Crippen LogP contribution in [-0.2, 0) is 4.79 Å². The van der Waals surface area contributed by atoms with Crippen LogP contribution in [0.4, 0.5) is 5.69 Å². The van der Waals surface area contributed by atoms with Crippen LogP contribution in [0.2, 0.25) is 0 Å². The summed E-state index contributed by atoms with van der Waals surface area (Å²) in [4.78, 5) is 31.1. The third-order valence-electron chi connectivity index (χ3n) is 7.14. The van der Waals surface area contributed by atoms with Gasteiger partial charge in [0.2, 0.25) is 0 Å². The Morgan fingerprint density at radius 1 is 1.12 bits per heavy atom. The van der Waals surface area contributed by atoms with Crippen molar-refractivity contribution in [1.82, 2.24) is 9.66 Å². The Morgan fingerprint density at radius 3 is 2.62 bits per heavy atom. The van der Waals surface area contributed by atoms with E-state index in [1.807, 2.05) is 56.3 Å². The number of hydrogen-bond donors (Lipinski definition) is 1. The molecule has 0 bridgehead atoms. The molecule has 1 aliphatic carbocycles. The molecule has 1 heterocycles. The van der Waals surface area contributed by atoms with Crippen molar-refractivity contribution in [1.29, 1.82) is 0 Å². The zero-order valence-corrected chi connectivity index (χ0v) is 27.3. The van der Waals surface area contributed by atoms with Crippen molar-refractivity contribution in [3.05, 3.63) is 89.9 Å². The Labute approximate surface area is 266 Å². The molecular formula is C32H32BrIN4O4. The maximum atomic E-state index is 13.7. The van der Waals surface area contributed by atoms with Crippen LogP contribution < -0.4 is 20.3 Å². The minimum absolute atomic E-state index is 0.171. The minimum Gasteiger partial charge on any atom is -0.490 e. The van der Waals surface area contributed by atoms with Gasteiger partial charge in [0, 0.05) is 16.1 Å². The van der Waals surface area contributed by atoms with Crippen molar-refractivity contribution in [3.8, 4) is 11.5 Å². The Balaban J connectivity index is 1.43. The van der Waals surface area contributed by atoms with Crippen LogP contribution in [0.15, 0.2) is 69.0 Å². The molecule has 1 fully saturated rings. The van der Waals surface area contributed by atoms with Crippen molar-refractivity contribution >= 4 is 67.2 Å². The van der Waals surface area contributed by atoms with Gasteiger partial charge in [-0.25, -0.2) is 4.98 Å². The normalized spacial score (nSPS) is 13.9. The summed E-state index contributed by atoms with van der Waals surface area (Å²) in [6.45, 7) is 4.12. The lowest BCUT2D eigenvalue weighted by atomic mass is 9.88. The topological polar surface area (TPSA) is 94.8 Å². The van der Waals surface area contributed by atoms with Crippen LogP contribution >= 0.6 is 38.5 Å². The molecule has 1 N–H and O–H groups in total. The highest BCUT2D eigenvalue weighted by molar-refractivity contribution is 14.1. The molecule has 0 aliphatic heterocycles. The zero-order valence-electron chi connectivity index (χ0n) is 23.5. The number of aryl methyl sites for hydroxylation is 1. The zero-order chi connectivity index (χ0) is 29.6. The van der Waals surface area contributed by atoms with E-state index in [0.717, 1.165) is 44.9 Å². The SMILES string of the molecule is CCOc1cc(C=Nn2c(C3CCCCC3)nc3ccc(Br)cc3c2=O)cc(I)c1OCC(=O)Nc1ccc(C)cc1. The van der Waals surface area contributed by atoms with E-state index in [4.69, 9.17) is 14.5 Å². The van der Waals surface area contributed by atoms with E-state index >= 15 is 0 Å². The first-order chi connectivity index (χ1) is 20.3. The van der Waals surface area contributed by atoms with Gasteiger partial charge in [-0.1, -0.05) is 52.9 Å². The number of aromatic nitrogens is 2. The number of halogens is 2. The first-order valence-corrected chi connectivity index (χ1v) is 15.9. The standard InChI is InChI=1S/C32H32BrIN4O4/c1-3-41-28-16-21(15-26(34)30(28)42-19-29(39)36-24-12-9-20(2)10-13-24)18-35-38-31(22-7-5-4-6-8-22)37-27-14-11-23(33)17-25(27)32(38)40/h9-18,22H,3-8,19H2,1-2H3,(H,36,39). The molecular weight excluding hydrogens is 711 g/mol. The summed E-state index contributed by atoms with van der Waals surface area (Å²) in [5.41, 5.74) is 3.03. The first-order valence-electron chi connectivity index (χ1n) is 14.0. The summed E-state index contributed by atoms with van der Waals surface area (Å²) in [5.74, 6) is 1.58. The average molecular weight is 743 g/mol. The van der Waals surface area contributed by atoms with Gasteiger partial charge < -0.3 is 14.8 Å². The molecule has 4 aromatic rings. The summed E-state index contributed by atoms with van der Waals surface area (Å²) < 4.78 is 14.8. The van der Waals surface area contributed by atoms with Crippen LogP contribution in [0.3, 0.4) is 0 Å². The molecule has 3 aromatic carbocycles. The molecule has 0 radical (unpaired) electrons. The first kappa shape index (κ1) is 30.2. The van der Waals surface area contributed by atoms with Crippen molar-refractivity contribution in [2.45, 2.75) is 51.9 Å². The molecule has 1 aromatic heterocycles. The molecule has 0 spiro atoms. The molecule has 218 valence electrons. The lowest BCUT2D eigenvalue weighted by molar-refractivity contribution is -0.118. The Hall–Kier alpha value is -3.25. The maximum Gasteiger partial charge on any atom is 0.282 e. The summed E-state index contributed by atoms with van der Waals surface area (Å²) in [5, 5.41) is 8.02. The second-order valence-electron chi connectivity index (χ2n) is 10.3. The lowest BCUT2D eigenvalue weighted by Gasteiger charge is -2.22. The monoisotopic (exact) mass is 742 g/mol. The van der Waals surface area contributed by atoms with Crippen molar-refractivity contribution in [2.24, 2.45) is 5.10 Å². The number of fused-ring (bicyclic) bond motifs is 1. The second kappa shape index (κ2) is 13.8. The number of nitrogens with zero attached hydrogens (tertiary/aromatic N) is 3. The smallest absolute Gasteiger partial charge is 0.282 e. The number of nitrogens with one attached hydrogen (secondary N) is 1. The highest BCUT2D eigenvalue weighted by Crippen LogP contribution is 2.35. The van der Waals surface area contributed by atoms with E-state index in [2.05, 4.69) is 48.9 Å². The van der Waals surface area contributed by atoms with Crippen LogP contribution in [0.1, 0.15) is 61.9 Å². The third kappa shape index (κ3) is 7.20. The number of rotatable bonds is 9. The molecule has 8 nitrogen and oxygen atoms in total. The third-order valence-corrected chi connectivity index (χ3v) is 8.44. The molecule has 0 saturated heterocycles. The summed E-state index contributed by atoms with van der Waals surface area (Å²) in [6.07, 6.45) is 7.05. The lowest BCUT2D eigenvalue weighted by Crippen LogP contribution is -2.25. The van der Waals surface area contributed by atoms with Gasteiger partial charge in [0.25, 0.3) is 11.5 Å². The van der Waals surface area contributed by atoms with E-state index in [1.165, 1.54) is 11.1 Å². The number of anilines is 1. The fourth-order valence-corrected chi connectivity index (χ4v) is 6.21. The maximum absolute atomic E-state index is 13.7. The highest BCUT2D eigenvalue weighted by Gasteiger charge is 2.23. The van der Waals surface area contributed by atoms with Crippen LogP contribution in [0.5, 0.6) is 11.5 Å². The molecule has 1 aliphatic rings. The highest BCUT2D eigenvalue weighted by atomic mass is 127. The molecule has 1 amide bonds. The number of amides is 1. The molecule has 0 atom stereocenters. The molecule has 42 heavy (non-hydrogen) atoms. The van der Waals surface area contributed by atoms with Gasteiger partial charge >= 0.3 is 0 Å². The van der Waals surface area contributed by atoms with Gasteiger partial charge in [-0.2, -0.15) is 9.78 Å². The molecule has 1 saturated carbocycles. The quantitative estimate of drug-likeness (QED) is 0.142. The predicted octanol–water partition coefficient (Wildman–Crippen LogP) is 7.42. The van der Waals surface area contributed by atoms with Crippen molar-refractivity contribution < 1.29 is 14.3 Å². The second-order valence-corrected chi connectivity index (χ2v) is 12.4. The molecule has 10 heteroatoms. The van der Waals surface area contributed by atoms with Gasteiger partial charge in [-0.15, -0.1) is 0 Å². The predicted molar refractivity (Wildman–Crippen MR) is 178 cm³/mol. The van der Waals surface area contributed by atoms with Gasteiger partial charge in [-0.3, -0.25) is 9.59 Å². The van der Waals surface area contributed by atoms with E-state index in [9.17, 15) is 9.59 Å². The van der Waals surface area contributed by atoms with E-state index < -0.39 is 0 Å². The number of hydrogen-bond acceptors (Lipinski definition) is 6. The summed E-state index contributed by atoms with van der Waals surface area (Å²) in [7, 11) is 0. The fraction of sp³-hybridized carbons (Fsp3) is 0.312. The van der Waals surface area contributed by atoms with E-state index in [1.54, 1.807) is 18.3 Å².